The van der Waals surface area contributed by atoms with Crippen LogP contribution in [-0.4, -0.2) is 40.1 Å². The van der Waals surface area contributed by atoms with E-state index < -0.39 is 0 Å². The Hall–Kier alpha value is -5.24. The van der Waals surface area contributed by atoms with Crippen molar-refractivity contribution in [1.82, 2.24) is 19.9 Å². The van der Waals surface area contributed by atoms with E-state index >= 15 is 0 Å². The summed E-state index contributed by atoms with van der Waals surface area (Å²) < 4.78 is 7.08. The molecule has 0 bridgehead atoms. The molecule has 2 N–H and O–H groups in total. The first kappa shape index (κ1) is 24.1. The maximum Gasteiger partial charge on any atom is 0.255 e. The zero-order valence-electron chi connectivity index (χ0n) is 21.4. The standard InChI is InChI=1S/C31H25N5O3/c1-19-11-13-20(14-12-19)29-22-7-3-4-8-23(22)30-34-25-17-21(15-16-26(25)36(30)35-29)33-28(37)18-32-31(38)24-9-5-6-10-27(24)39-2/h3-17H,18H2,1-2H3,(H,32,38)(H,33,37). The normalized spacial score (nSPS) is 11.1. The van der Waals surface area contributed by atoms with Crippen LogP contribution < -0.4 is 15.4 Å². The van der Waals surface area contributed by atoms with Gasteiger partial charge in [-0.3, -0.25) is 9.59 Å². The summed E-state index contributed by atoms with van der Waals surface area (Å²) in [7, 11) is 1.50. The van der Waals surface area contributed by atoms with E-state index in [2.05, 4.69) is 47.9 Å². The van der Waals surface area contributed by atoms with Crippen LogP contribution in [0.1, 0.15) is 15.9 Å². The number of benzene rings is 4. The number of anilines is 1. The molecule has 0 fully saturated rings. The van der Waals surface area contributed by atoms with Gasteiger partial charge in [0.15, 0.2) is 5.65 Å². The first-order valence-corrected chi connectivity index (χ1v) is 12.5. The zero-order valence-corrected chi connectivity index (χ0v) is 21.4. The van der Waals surface area contributed by atoms with Gasteiger partial charge in [-0.25, -0.2) is 9.50 Å². The molecule has 4 aromatic carbocycles. The van der Waals surface area contributed by atoms with Crippen LogP contribution >= 0.6 is 0 Å². The number of methoxy groups -OCH3 is 1. The molecule has 0 saturated heterocycles. The summed E-state index contributed by atoms with van der Waals surface area (Å²) in [5, 5.41) is 12.5. The van der Waals surface area contributed by atoms with Gasteiger partial charge in [0.1, 0.15) is 5.75 Å². The number of carbonyl (C=O) groups is 2. The lowest BCUT2D eigenvalue weighted by atomic mass is 10.0. The van der Waals surface area contributed by atoms with Crippen molar-refractivity contribution in [2.45, 2.75) is 6.92 Å². The van der Waals surface area contributed by atoms with Crippen LogP contribution in [0.4, 0.5) is 5.69 Å². The first-order chi connectivity index (χ1) is 19.0. The van der Waals surface area contributed by atoms with E-state index in [1.54, 1.807) is 30.3 Å². The van der Waals surface area contributed by atoms with Crippen molar-refractivity contribution in [1.29, 1.82) is 0 Å². The molecule has 0 aliphatic heterocycles. The Balaban J connectivity index is 1.29. The molecule has 2 heterocycles. The van der Waals surface area contributed by atoms with Crippen molar-refractivity contribution >= 4 is 45.0 Å². The van der Waals surface area contributed by atoms with Gasteiger partial charge in [-0.2, -0.15) is 5.10 Å². The SMILES string of the molecule is COc1ccccc1C(=O)NCC(=O)Nc1ccc2c(c1)nc1c3ccccc3c(-c3ccc(C)cc3)nn21. The van der Waals surface area contributed by atoms with Crippen molar-refractivity contribution in [2.24, 2.45) is 0 Å². The van der Waals surface area contributed by atoms with E-state index in [4.69, 9.17) is 14.8 Å². The van der Waals surface area contributed by atoms with E-state index in [0.717, 1.165) is 33.2 Å². The summed E-state index contributed by atoms with van der Waals surface area (Å²) in [4.78, 5) is 30.0. The number of hydrogen-bond donors (Lipinski definition) is 2. The van der Waals surface area contributed by atoms with Crippen LogP contribution in [0.5, 0.6) is 5.75 Å². The van der Waals surface area contributed by atoms with E-state index in [1.807, 2.05) is 34.8 Å². The number of fused-ring (bicyclic) bond motifs is 5. The number of aromatic nitrogens is 3. The second-order valence-corrected chi connectivity index (χ2v) is 9.24. The summed E-state index contributed by atoms with van der Waals surface area (Å²) >= 11 is 0. The maximum absolute atomic E-state index is 12.6. The Labute approximate surface area is 224 Å². The third-order valence-corrected chi connectivity index (χ3v) is 6.62. The molecule has 0 spiro atoms. The summed E-state index contributed by atoms with van der Waals surface area (Å²) in [5.74, 6) is -0.299. The van der Waals surface area contributed by atoms with Crippen molar-refractivity contribution < 1.29 is 14.3 Å². The first-order valence-electron chi connectivity index (χ1n) is 12.5. The molecule has 0 radical (unpaired) electrons. The highest BCUT2D eigenvalue weighted by Gasteiger charge is 2.16. The molecular formula is C31H25N5O3. The smallest absolute Gasteiger partial charge is 0.255 e. The molecule has 2 aromatic heterocycles. The largest absolute Gasteiger partial charge is 0.496 e. The van der Waals surface area contributed by atoms with Gasteiger partial charge in [-0.05, 0) is 37.3 Å². The quantitative estimate of drug-likeness (QED) is 0.310. The van der Waals surface area contributed by atoms with E-state index in [9.17, 15) is 9.59 Å². The van der Waals surface area contributed by atoms with Gasteiger partial charge in [-0.1, -0.05) is 66.2 Å². The van der Waals surface area contributed by atoms with E-state index in [1.165, 1.54) is 12.7 Å². The molecule has 39 heavy (non-hydrogen) atoms. The lowest BCUT2D eigenvalue weighted by Crippen LogP contribution is -2.33. The van der Waals surface area contributed by atoms with Crippen LogP contribution in [0.25, 0.3) is 38.7 Å². The molecule has 192 valence electrons. The fourth-order valence-corrected chi connectivity index (χ4v) is 4.68. The van der Waals surface area contributed by atoms with Crippen LogP contribution in [0.15, 0.2) is 91.0 Å². The number of para-hydroxylation sites is 1. The predicted molar refractivity (Wildman–Crippen MR) is 152 cm³/mol. The number of hydrogen-bond acceptors (Lipinski definition) is 5. The summed E-state index contributed by atoms with van der Waals surface area (Å²) in [5.41, 5.74) is 6.29. The monoisotopic (exact) mass is 515 g/mol. The van der Waals surface area contributed by atoms with Gasteiger partial charge in [0.05, 0.1) is 35.9 Å². The number of aryl methyl sites for hydroxylation is 1. The average molecular weight is 516 g/mol. The minimum atomic E-state index is -0.388. The number of imidazole rings is 1. The molecular weight excluding hydrogens is 490 g/mol. The fourth-order valence-electron chi connectivity index (χ4n) is 4.68. The summed E-state index contributed by atoms with van der Waals surface area (Å²) in [6.45, 7) is 1.87. The minimum Gasteiger partial charge on any atom is -0.496 e. The van der Waals surface area contributed by atoms with E-state index in [0.29, 0.717) is 22.5 Å². The van der Waals surface area contributed by atoms with Crippen molar-refractivity contribution in [3.63, 3.8) is 0 Å². The third kappa shape index (κ3) is 4.53. The molecule has 2 amide bonds. The molecule has 0 aliphatic carbocycles. The second kappa shape index (κ2) is 9.90. The highest BCUT2D eigenvalue weighted by Crippen LogP contribution is 2.31. The van der Waals surface area contributed by atoms with Crippen LogP contribution in [-0.2, 0) is 4.79 Å². The van der Waals surface area contributed by atoms with Gasteiger partial charge in [0, 0.05) is 22.0 Å². The van der Waals surface area contributed by atoms with Crippen molar-refractivity contribution in [2.75, 3.05) is 19.0 Å². The average Bonchev–Trinajstić information content (AvgIpc) is 3.34. The van der Waals surface area contributed by atoms with Crippen molar-refractivity contribution in [3.05, 3.63) is 102 Å². The topological polar surface area (TPSA) is 97.6 Å². The highest BCUT2D eigenvalue weighted by molar-refractivity contribution is 6.05. The highest BCUT2D eigenvalue weighted by atomic mass is 16.5. The van der Waals surface area contributed by atoms with Crippen molar-refractivity contribution in [3.8, 4) is 17.0 Å². The lowest BCUT2D eigenvalue weighted by molar-refractivity contribution is -0.115. The molecule has 0 aliphatic rings. The van der Waals surface area contributed by atoms with Gasteiger partial charge in [-0.15, -0.1) is 0 Å². The molecule has 8 heteroatoms. The summed E-state index contributed by atoms with van der Waals surface area (Å²) in [6, 6.07) is 28.8. The predicted octanol–water partition coefficient (Wildman–Crippen LogP) is 5.39. The van der Waals surface area contributed by atoms with Crippen LogP contribution in [0.2, 0.25) is 0 Å². The zero-order chi connectivity index (χ0) is 26.9. The van der Waals surface area contributed by atoms with Gasteiger partial charge >= 0.3 is 0 Å². The number of nitrogens with one attached hydrogen (secondary N) is 2. The lowest BCUT2D eigenvalue weighted by Gasteiger charge is -2.10. The molecule has 6 rings (SSSR count). The molecule has 0 saturated carbocycles. The van der Waals surface area contributed by atoms with Gasteiger partial charge in [0.2, 0.25) is 5.91 Å². The number of ether oxygens (including phenoxy) is 1. The Morgan fingerprint density at radius 3 is 2.44 bits per heavy atom. The number of carbonyl (C=O) groups excluding carboxylic acids is 2. The Morgan fingerprint density at radius 2 is 1.64 bits per heavy atom. The molecule has 0 unspecified atom stereocenters. The van der Waals surface area contributed by atoms with Gasteiger partial charge < -0.3 is 15.4 Å². The Kier molecular flexibility index (Phi) is 6.13. The minimum absolute atomic E-state index is 0.188. The molecule has 0 atom stereocenters. The van der Waals surface area contributed by atoms with Crippen LogP contribution in [0, 0.1) is 6.92 Å². The maximum atomic E-state index is 12.6. The molecule has 6 aromatic rings. The molecule has 8 nitrogen and oxygen atoms in total. The van der Waals surface area contributed by atoms with Crippen LogP contribution in [0.3, 0.4) is 0 Å². The van der Waals surface area contributed by atoms with E-state index in [-0.39, 0.29) is 18.4 Å². The Bertz CT molecular complexity index is 1880. The number of rotatable bonds is 6. The van der Waals surface area contributed by atoms with Gasteiger partial charge in [0.25, 0.3) is 5.91 Å². The fraction of sp³-hybridized carbons (Fsp3) is 0.0968. The summed E-state index contributed by atoms with van der Waals surface area (Å²) in [6.07, 6.45) is 0. The number of amides is 2. The second-order valence-electron chi connectivity index (χ2n) is 9.24. The Morgan fingerprint density at radius 1 is 0.897 bits per heavy atom. The number of nitrogens with zero attached hydrogens (tertiary/aromatic N) is 3. The third-order valence-electron chi connectivity index (χ3n) is 6.62.